The number of carbonyl (C=O) groups is 1. The van der Waals surface area contributed by atoms with Gasteiger partial charge in [0.15, 0.2) is 18.9 Å². The molecule has 3 saturated heterocycles. The van der Waals surface area contributed by atoms with Gasteiger partial charge in [-0.15, -0.1) is 0 Å². The van der Waals surface area contributed by atoms with Gasteiger partial charge in [0.05, 0.1) is 38.6 Å². The summed E-state index contributed by atoms with van der Waals surface area (Å²) in [5.74, 6) is -0.293. The van der Waals surface area contributed by atoms with Crippen molar-refractivity contribution in [1.82, 2.24) is 5.32 Å². The van der Waals surface area contributed by atoms with E-state index in [0.717, 1.165) is 70.6 Å². The zero-order chi connectivity index (χ0) is 66.1. The van der Waals surface area contributed by atoms with Crippen molar-refractivity contribution in [3.05, 3.63) is 72.9 Å². The van der Waals surface area contributed by atoms with E-state index < -0.39 is 124 Å². The fourth-order valence-corrected chi connectivity index (χ4v) is 11.6. The van der Waals surface area contributed by atoms with Gasteiger partial charge in [-0.05, 0) is 83.5 Å². The maximum Gasteiger partial charge on any atom is 0.220 e. The molecule has 1 amide bonds. The molecule has 3 heterocycles. The topological polar surface area (TPSA) is 307 Å². The van der Waals surface area contributed by atoms with Crippen LogP contribution in [0.25, 0.3) is 0 Å². The van der Waals surface area contributed by atoms with Crippen LogP contribution in [0.15, 0.2) is 72.9 Å². The minimum absolute atomic E-state index is 0.227. The molecule has 3 fully saturated rings. The summed E-state index contributed by atoms with van der Waals surface area (Å²) >= 11 is 0. The number of carbonyl (C=O) groups excluding carboxylic acids is 1. The lowest BCUT2D eigenvalue weighted by Crippen LogP contribution is -2.66. The van der Waals surface area contributed by atoms with Crippen molar-refractivity contribution in [2.75, 3.05) is 26.4 Å². The van der Waals surface area contributed by atoms with Crippen LogP contribution in [0.5, 0.6) is 0 Å². The SMILES string of the molecule is CCCCCCC/C=C\C/C=C\C/C=C\CCCCCCCCCCCCCCC(=O)NC(COC1OC(CO)C(OC2OC(CO)C(OC3OC(CO)C(O)C(O)C3O)C(O)C2O)C(O)C1O)C(O)/C=C/CC/C=C/CC/C=C/CCCCCCCCCCC. The minimum Gasteiger partial charge on any atom is -0.394 e. The van der Waals surface area contributed by atoms with Gasteiger partial charge >= 0.3 is 0 Å². The smallest absolute Gasteiger partial charge is 0.220 e. The highest BCUT2D eigenvalue weighted by atomic mass is 16.8. The summed E-state index contributed by atoms with van der Waals surface area (Å²) in [6.45, 7) is 1.69. The highest BCUT2D eigenvalue weighted by molar-refractivity contribution is 5.76. The maximum atomic E-state index is 13.4. The van der Waals surface area contributed by atoms with Crippen molar-refractivity contribution in [2.24, 2.45) is 0 Å². The number of amides is 1. The Labute approximate surface area is 547 Å². The zero-order valence-electron chi connectivity index (χ0n) is 55.8. The molecule has 3 rings (SSSR count). The van der Waals surface area contributed by atoms with Gasteiger partial charge in [0.1, 0.15) is 73.2 Å². The monoisotopic (exact) mass is 1290 g/mol. The molecule has 0 aromatic carbocycles. The molecule has 0 radical (unpaired) electrons. The first-order chi connectivity index (χ1) is 44.3. The largest absolute Gasteiger partial charge is 0.394 e. The molecule has 0 aliphatic carbocycles. The summed E-state index contributed by atoms with van der Waals surface area (Å²) in [5.41, 5.74) is 0. The van der Waals surface area contributed by atoms with Crippen LogP contribution in [-0.2, 0) is 33.2 Å². The molecule has 19 nitrogen and oxygen atoms in total. The molecule has 0 spiro atoms. The molecule has 0 saturated carbocycles. The molecular weight excluding hydrogens is 1170 g/mol. The molecule has 528 valence electrons. The predicted molar refractivity (Wildman–Crippen MR) is 355 cm³/mol. The fourth-order valence-electron chi connectivity index (χ4n) is 11.6. The lowest BCUT2D eigenvalue weighted by atomic mass is 9.96. The van der Waals surface area contributed by atoms with E-state index in [9.17, 15) is 61.0 Å². The number of nitrogens with one attached hydrogen (secondary N) is 1. The Hall–Kier alpha value is -2.77. The highest BCUT2D eigenvalue weighted by Crippen LogP contribution is 2.33. The Morgan fingerprint density at radius 2 is 0.736 bits per heavy atom. The van der Waals surface area contributed by atoms with Crippen molar-refractivity contribution < 1.29 is 89.4 Å². The number of aliphatic hydroxyl groups is 11. The second-order valence-electron chi connectivity index (χ2n) is 25.3. The molecular formula is C72H127NO18. The van der Waals surface area contributed by atoms with Crippen LogP contribution in [0.2, 0.25) is 0 Å². The number of unbranched alkanes of at least 4 members (excludes halogenated alkanes) is 28. The average Bonchev–Trinajstić information content (AvgIpc) is 0.885. The van der Waals surface area contributed by atoms with Gasteiger partial charge in [0.2, 0.25) is 5.91 Å². The summed E-state index contributed by atoms with van der Waals surface area (Å²) in [6.07, 6.45) is 40.2. The molecule has 12 N–H and O–H groups in total. The van der Waals surface area contributed by atoms with E-state index in [1.54, 1.807) is 6.08 Å². The number of allylic oxidation sites excluding steroid dienone is 11. The second kappa shape index (κ2) is 53.4. The van der Waals surface area contributed by atoms with Crippen molar-refractivity contribution >= 4 is 5.91 Å². The van der Waals surface area contributed by atoms with Crippen LogP contribution in [0.4, 0.5) is 0 Å². The summed E-state index contributed by atoms with van der Waals surface area (Å²) < 4.78 is 34.3. The second-order valence-corrected chi connectivity index (χ2v) is 25.3. The number of aliphatic hydroxyl groups excluding tert-OH is 11. The fraction of sp³-hybridized carbons (Fsp3) is 0.819. The van der Waals surface area contributed by atoms with Crippen LogP contribution in [-0.4, -0.2) is 193 Å². The maximum absolute atomic E-state index is 13.4. The molecule has 0 bridgehead atoms. The van der Waals surface area contributed by atoms with Gasteiger partial charge in [0.25, 0.3) is 0 Å². The van der Waals surface area contributed by atoms with E-state index in [2.05, 4.69) is 79.9 Å². The quantitative estimate of drug-likeness (QED) is 0.0199. The Kier molecular flexibility index (Phi) is 48.4. The number of rotatable bonds is 54. The van der Waals surface area contributed by atoms with Gasteiger partial charge < -0.3 is 89.9 Å². The normalized spacial score (nSPS) is 28.3. The molecule has 17 unspecified atom stereocenters. The molecule has 0 aromatic heterocycles. The summed E-state index contributed by atoms with van der Waals surface area (Å²) in [4.78, 5) is 13.4. The average molecular weight is 1290 g/mol. The van der Waals surface area contributed by atoms with Crippen LogP contribution in [0, 0.1) is 0 Å². The van der Waals surface area contributed by atoms with Crippen molar-refractivity contribution in [3.8, 4) is 0 Å². The Morgan fingerprint density at radius 1 is 0.396 bits per heavy atom. The van der Waals surface area contributed by atoms with E-state index in [4.69, 9.17) is 28.4 Å². The summed E-state index contributed by atoms with van der Waals surface area (Å²) in [7, 11) is 0. The third-order valence-corrected chi connectivity index (χ3v) is 17.5. The lowest BCUT2D eigenvalue weighted by Gasteiger charge is -2.48. The third-order valence-electron chi connectivity index (χ3n) is 17.5. The summed E-state index contributed by atoms with van der Waals surface area (Å²) in [5, 5.41) is 121. The molecule has 19 heteroatoms. The van der Waals surface area contributed by atoms with E-state index in [1.807, 2.05) is 6.08 Å². The van der Waals surface area contributed by atoms with Gasteiger partial charge in [-0.1, -0.05) is 228 Å². The highest BCUT2D eigenvalue weighted by Gasteiger charge is 2.53. The van der Waals surface area contributed by atoms with Gasteiger partial charge in [-0.3, -0.25) is 4.79 Å². The van der Waals surface area contributed by atoms with Crippen molar-refractivity contribution in [3.63, 3.8) is 0 Å². The van der Waals surface area contributed by atoms with Gasteiger partial charge in [-0.2, -0.15) is 0 Å². The number of ether oxygens (including phenoxy) is 6. The van der Waals surface area contributed by atoms with Crippen LogP contribution < -0.4 is 5.32 Å². The number of hydrogen-bond donors (Lipinski definition) is 12. The van der Waals surface area contributed by atoms with Crippen LogP contribution in [0.3, 0.4) is 0 Å². The third kappa shape index (κ3) is 35.2. The van der Waals surface area contributed by atoms with Crippen LogP contribution >= 0.6 is 0 Å². The Balaban J connectivity index is 1.44. The van der Waals surface area contributed by atoms with E-state index >= 15 is 0 Å². The Bertz CT molecular complexity index is 1930. The molecule has 3 aliphatic heterocycles. The first kappa shape index (κ1) is 82.5. The standard InChI is InChI=1S/C72H127NO18/c1-3-5-7-9-11-13-15-17-19-21-23-24-25-26-27-28-29-30-32-34-36-38-40-42-44-46-48-50-60(78)73-55(56(77)49-47-45-43-41-39-37-35-33-31-22-20-18-16-14-12-10-8-6-4-2)54-86-70-66(84)63(81)68(58(52-75)88-70)91-72-67(85)64(82)69(59(53-76)89-72)90-71-65(83)62(80)61(79)57(51-74)87-71/h15,17,21,23,25-26,31,33,39,41,47,49,55-59,61-72,74-77,79-85H,3-14,16,18-20,22,24,27-30,32,34-38,40,42-46,48,50-54H2,1-2H3,(H,73,78)/b17-15-,23-21-,26-25-,33-31+,41-39+,49-47+. The zero-order valence-corrected chi connectivity index (χ0v) is 55.8. The van der Waals surface area contributed by atoms with E-state index in [0.29, 0.717) is 12.8 Å². The van der Waals surface area contributed by atoms with Gasteiger partial charge in [0, 0.05) is 6.42 Å². The predicted octanol–water partition coefficient (Wildman–Crippen LogP) is 9.72. The van der Waals surface area contributed by atoms with Crippen molar-refractivity contribution in [2.45, 2.75) is 349 Å². The first-order valence-corrected chi connectivity index (χ1v) is 35.7. The van der Waals surface area contributed by atoms with Crippen molar-refractivity contribution in [1.29, 1.82) is 0 Å². The molecule has 3 aliphatic rings. The molecule has 0 aromatic rings. The van der Waals surface area contributed by atoms with E-state index in [-0.39, 0.29) is 18.9 Å². The lowest BCUT2D eigenvalue weighted by molar-refractivity contribution is -0.379. The Morgan fingerprint density at radius 3 is 1.18 bits per heavy atom. The number of hydrogen-bond acceptors (Lipinski definition) is 18. The van der Waals surface area contributed by atoms with Crippen LogP contribution in [0.1, 0.15) is 245 Å². The van der Waals surface area contributed by atoms with E-state index in [1.165, 1.54) is 141 Å². The summed E-state index contributed by atoms with van der Waals surface area (Å²) in [6, 6.07) is -1.00. The van der Waals surface area contributed by atoms with Gasteiger partial charge in [-0.25, -0.2) is 0 Å². The minimum atomic E-state index is -1.99. The molecule has 91 heavy (non-hydrogen) atoms. The molecule has 17 atom stereocenters. The first-order valence-electron chi connectivity index (χ1n) is 35.7.